The predicted octanol–water partition coefficient (Wildman–Crippen LogP) is 4.83. The molecule has 34 heavy (non-hydrogen) atoms. The summed E-state index contributed by atoms with van der Waals surface area (Å²) in [7, 11) is 0. The number of amides is 2. The van der Waals surface area contributed by atoms with Crippen LogP contribution in [-0.4, -0.2) is 17.8 Å². The van der Waals surface area contributed by atoms with E-state index >= 15 is 0 Å². The molecule has 2 amide bonds. The molecule has 4 atom stereocenters. The zero-order valence-corrected chi connectivity index (χ0v) is 18.9. The number of anilines is 1. The number of allylic oxidation sites excluding steroid dienone is 1. The Morgan fingerprint density at radius 3 is 2.26 bits per heavy atom. The third-order valence-corrected chi connectivity index (χ3v) is 7.29. The fourth-order valence-corrected chi connectivity index (χ4v) is 5.72. The van der Waals surface area contributed by atoms with Gasteiger partial charge in [0.1, 0.15) is 5.75 Å². The summed E-state index contributed by atoms with van der Waals surface area (Å²) in [5.74, 6) is -3.22. The van der Waals surface area contributed by atoms with Crippen molar-refractivity contribution in [1.29, 1.82) is 0 Å². The molecule has 1 fully saturated rings. The number of esters is 1. The maximum atomic E-state index is 13.9. The standard InChI is InChI=1S/C29H23NO4/c1-16-12-13-19-21-15-20(18-9-4-3-5-10-18)24-26(25(21)29(33)34-23(19)14-16)28(32)30(27(24)31)22-11-7-6-8-17(22)2/h3-15,20,24-26H,1-2H3/t20-,24-,25-,26+/m1/s1. The Labute approximate surface area is 197 Å². The molecule has 0 bridgehead atoms. The lowest BCUT2D eigenvalue weighted by molar-refractivity contribution is -0.142. The van der Waals surface area contributed by atoms with Gasteiger partial charge < -0.3 is 4.74 Å². The predicted molar refractivity (Wildman–Crippen MR) is 128 cm³/mol. The zero-order valence-electron chi connectivity index (χ0n) is 18.9. The second kappa shape index (κ2) is 7.52. The number of ether oxygens (including phenoxy) is 1. The summed E-state index contributed by atoms with van der Waals surface area (Å²) in [6.45, 7) is 3.82. The number of hydrogen-bond donors (Lipinski definition) is 0. The van der Waals surface area contributed by atoms with Crippen LogP contribution in [0, 0.1) is 31.6 Å². The van der Waals surface area contributed by atoms with Crippen LogP contribution in [0.3, 0.4) is 0 Å². The fourth-order valence-electron chi connectivity index (χ4n) is 5.72. The van der Waals surface area contributed by atoms with Crippen LogP contribution in [0.25, 0.3) is 5.57 Å². The summed E-state index contributed by atoms with van der Waals surface area (Å²) in [5, 5.41) is 0. The minimum absolute atomic E-state index is 0.268. The lowest BCUT2D eigenvalue weighted by Crippen LogP contribution is -2.42. The van der Waals surface area contributed by atoms with Gasteiger partial charge in [-0.15, -0.1) is 0 Å². The Morgan fingerprint density at radius 2 is 1.50 bits per heavy atom. The largest absolute Gasteiger partial charge is 0.425 e. The van der Waals surface area contributed by atoms with Crippen LogP contribution in [0.4, 0.5) is 5.69 Å². The number of carbonyl (C=O) groups is 3. The highest BCUT2D eigenvalue weighted by molar-refractivity contribution is 6.24. The molecule has 168 valence electrons. The molecule has 0 unspecified atom stereocenters. The molecule has 1 saturated heterocycles. The van der Waals surface area contributed by atoms with Crippen LogP contribution in [0.15, 0.2) is 78.9 Å². The first-order valence-corrected chi connectivity index (χ1v) is 11.5. The van der Waals surface area contributed by atoms with Gasteiger partial charge in [-0.2, -0.15) is 0 Å². The van der Waals surface area contributed by atoms with E-state index in [1.165, 1.54) is 4.90 Å². The average molecular weight is 450 g/mol. The quantitative estimate of drug-likeness (QED) is 0.320. The van der Waals surface area contributed by atoms with Gasteiger partial charge in [-0.25, -0.2) is 4.90 Å². The van der Waals surface area contributed by atoms with Crippen molar-refractivity contribution in [3.05, 3.63) is 101 Å². The van der Waals surface area contributed by atoms with Crippen LogP contribution < -0.4 is 9.64 Å². The molecule has 1 aliphatic carbocycles. The Hall–Kier alpha value is -3.99. The number of rotatable bonds is 2. The maximum absolute atomic E-state index is 13.9. The van der Waals surface area contributed by atoms with Crippen molar-refractivity contribution in [2.24, 2.45) is 17.8 Å². The summed E-state index contributed by atoms with van der Waals surface area (Å²) >= 11 is 0. The fraction of sp³-hybridized carbons (Fsp3) is 0.207. The van der Waals surface area contributed by atoms with E-state index < -0.39 is 23.7 Å². The topological polar surface area (TPSA) is 63.7 Å². The SMILES string of the molecule is Cc1ccc2c(c1)OC(=O)[C@@H]1C2=C[C@H](c2ccccc2)[C@H]2C(=O)N(c3ccccc3C)C(=O)[C@H]12. The van der Waals surface area contributed by atoms with Crippen molar-refractivity contribution >= 4 is 29.0 Å². The molecule has 0 saturated carbocycles. The van der Waals surface area contributed by atoms with Crippen molar-refractivity contribution in [3.8, 4) is 5.75 Å². The van der Waals surface area contributed by atoms with E-state index in [9.17, 15) is 14.4 Å². The van der Waals surface area contributed by atoms with Gasteiger partial charge in [-0.3, -0.25) is 14.4 Å². The second-order valence-corrected chi connectivity index (χ2v) is 9.31. The highest BCUT2D eigenvalue weighted by Crippen LogP contribution is 2.54. The van der Waals surface area contributed by atoms with Gasteiger partial charge in [-0.05, 0) is 48.2 Å². The molecule has 0 N–H and O–H groups in total. The van der Waals surface area contributed by atoms with Crippen LogP contribution in [-0.2, 0) is 14.4 Å². The number of hydrogen-bond acceptors (Lipinski definition) is 4. The van der Waals surface area contributed by atoms with Crippen molar-refractivity contribution in [3.63, 3.8) is 0 Å². The maximum Gasteiger partial charge on any atom is 0.319 e. The number of carbonyl (C=O) groups excluding carboxylic acids is 3. The van der Waals surface area contributed by atoms with Crippen molar-refractivity contribution in [1.82, 2.24) is 0 Å². The number of aryl methyl sites for hydroxylation is 2. The number of nitrogens with zero attached hydrogens (tertiary/aromatic N) is 1. The summed E-state index contributed by atoms with van der Waals surface area (Å²) in [4.78, 5) is 42.4. The highest BCUT2D eigenvalue weighted by Gasteiger charge is 2.60. The van der Waals surface area contributed by atoms with E-state index in [4.69, 9.17) is 4.74 Å². The molecule has 3 aliphatic rings. The zero-order chi connectivity index (χ0) is 23.6. The third kappa shape index (κ3) is 2.90. The first-order chi connectivity index (χ1) is 16.5. The van der Waals surface area contributed by atoms with E-state index in [0.717, 1.165) is 27.8 Å². The lowest BCUT2D eigenvalue weighted by atomic mass is 9.64. The molecule has 2 heterocycles. The number of fused-ring (bicyclic) bond motifs is 5. The van der Waals surface area contributed by atoms with Crippen molar-refractivity contribution < 1.29 is 19.1 Å². The molecule has 0 aromatic heterocycles. The van der Waals surface area contributed by atoms with Gasteiger partial charge in [0.2, 0.25) is 11.8 Å². The number of benzene rings is 3. The normalized spacial score (nSPS) is 25.3. The van der Waals surface area contributed by atoms with Gasteiger partial charge >= 0.3 is 5.97 Å². The van der Waals surface area contributed by atoms with Crippen molar-refractivity contribution in [2.45, 2.75) is 19.8 Å². The van der Waals surface area contributed by atoms with Gasteiger partial charge in [0.05, 0.1) is 23.4 Å². The first kappa shape index (κ1) is 20.6. The smallest absolute Gasteiger partial charge is 0.319 e. The van der Waals surface area contributed by atoms with E-state index in [2.05, 4.69) is 0 Å². The third-order valence-electron chi connectivity index (χ3n) is 7.29. The van der Waals surface area contributed by atoms with Gasteiger partial charge in [-0.1, -0.05) is 66.7 Å². The lowest BCUT2D eigenvalue weighted by Gasteiger charge is -2.38. The van der Waals surface area contributed by atoms with E-state index in [1.54, 1.807) is 6.07 Å². The van der Waals surface area contributed by atoms with Crippen LogP contribution in [0.1, 0.15) is 28.2 Å². The van der Waals surface area contributed by atoms with Crippen LogP contribution in [0.2, 0.25) is 0 Å². The Balaban J connectivity index is 1.57. The molecule has 3 aromatic carbocycles. The molecule has 5 nitrogen and oxygen atoms in total. The van der Waals surface area contributed by atoms with Gasteiger partial charge in [0.25, 0.3) is 0 Å². The van der Waals surface area contributed by atoms with Gasteiger partial charge in [0, 0.05) is 11.5 Å². The monoisotopic (exact) mass is 449 g/mol. The Kier molecular flexibility index (Phi) is 4.56. The Morgan fingerprint density at radius 1 is 0.794 bits per heavy atom. The first-order valence-electron chi connectivity index (χ1n) is 11.5. The van der Waals surface area contributed by atoms with E-state index in [0.29, 0.717) is 11.4 Å². The molecule has 0 spiro atoms. The average Bonchev–Trinajstić information content (AvgIpc) is 3.09. The van der Waals surface area contributed by atoms with E-state index in [1.807, 2.05) is 86.7 Å². The molecular weight excluding hydrogens is 426 g/mol. The summed E-state index contributed by atoms with van der Waals surface area (Å²) in [6.07, 6.45) is 2.02. The van der Waals surface area contributed by atoms with Crippen LogP contribution in [0.5, 0.6) is 5.75 Å². The summed E-state index contributed by atoms with van der Waals surface area (Å²) in [5.41, 5.74) is 4.92. The van der Waals surface area contributed by atoms with Crippen molar-refractivity contribution in [2.75, 3.05) is 4.90 Å². The summed E-state index contributed by atoms with van der Waals surface area (Å²) < 4.78 is 5.72. The van der Waals surface area contributed by atoms with Crippen LogP contribution >= 0.6 is 0 Å². The molecule has 5 heteroatoms. The number of para-hydroxylation sites is 1. The highest BCUT2D eigenvalue weighted by atomic mass is 16.5. The number of imide groups is 1. The summed E-state index contributed by atoms with van der Waals surface area (Å²) in [6, 6.07) is 22.9. The van der Waals surface area contributed by atoms with E-state index in [-0.39, 0.29) is 17.7 Å². The molecule has 3 aromatic rings. The Bertz CT molecular complexity index is 1390. The van der Waals surface area contributed by atoms with Gasteiger partial charge in [0.15, 0.2) is 0 Å². The minimum atomic E-state index is -0.820. The molecule has 6 rings (SSSR count). The molecular formula is C29H23NO4. The molecule has 0 radical (unpaired) electrons. The minimum Gasteiger partial charge on any atom is -0.425 e. The second-order valence-electron chi connectivity index (χ2n) is 9.31. The molecule has 2 aliphatic heterocycles.